The van der Waals surface area contributed by atoms with Crippen LogP contribution in [0.4, 0.5) is 10.5 Å². The van der Waals surface area contributed by atoms with E-state index in [4.69, 9.17) is 4.74 Å². The molecule has 3 N–H and O–H groups in total. The molecule has 2 aromatic carbocycles. The zero-order valence-corrected chi connectivity index (χ0v) is 19.2. The molecule has 7 nitrogen and oxygen atoms in total. The third-order valence-corrected chi connectivity index (χ3v) is 5.61. The third-order valence-electron chi connectivity index (χ3n) is 5.61. The van der Waals surface area contributed by atoms with Gasteiger partial charge in [-0.05, 0) is 81.7 Å². The molecule has 2 aromatic rings. The number of hydrogen-bond acceptors (Lipinski definition) is 4. The number of anilines is 1. The van der Waals surface area contributed by atoms with Crippen molar-refractivity contribution in [3.63, 3.8) is 0 Å². The molecule has 1 aliphatic rings. The summed E-state index contributed by atoms with van der Waals surface area (Å²) in [6.07, 6.45) is 3.62. The lowest BCUT2D eigenvalue weighted by molar-refractivity contribution is 0.0924. The molecule has 32 heavy (non-hydrogen) atoms. The van der Waals surface area contributed by atoms with Crippen molar-refractivity contribution in [1.29, 1.82) is 0 Å². The van der Waals surface area contributed by atoms with Crippen LogP contribution in [0.1, 0.15) is 55.1 Å². The lowest BCUT2D eigenvalue weighted by Crippen LogP contribution is -2.40. The van der Waals surface area contributed by atoms with E-state index in [-0.39, 0.29) is 24.0 Å². The number of hydrogen-bond donors (Lipinski definition) is 3. The summed E-state index contributed by atoms with van der Waals surface area (Å²) < 4.78 is 5.29. The van der Waals surface area contributed by atoms with Gasteiger partial charge >= 0.3 is 6.03 Å². The standard InChI is InChI=1S/C25H34N4O3/c1-18(2)27-25(31)28-21-11-7-20(8-12-21)24(30)26-17-23(29-15-5-4-6-16-29)19-9-13-22(32-3)14-10-19/h7-14,18,23H,4-6,15-17H2,1-3H3,(H,26,30)(H2,27,28,31). The minimum atomic E-state index is -0.263. The number of carbonyl (C=O) groups excluding carboxylic acids is 2. The first-order chi connectivity index (χ1) is 15.5. The fraction of sp³-hybridized carbons (Fsp3) is 0.440. The van der Waals surface area contributed by atoms with Gasteiger partial charge in [0, 0.05) is 23.8 Å². The Morgan fingerprint density at radius 2 is 1.62 bits per heavy atom. The molecule has 1 fully saturated rings. The van der Waals surface area contributed by atoms with Crippen molar-refractivity contribution in [3.05, 3.63) is 59.7 Å². The summed E-state index contributed by atoms with van der Waals surface area (Å²) in [5, 5.41) is 8.64. The first kappa shape index (κ1) is 23.6. The van der Waals surface area contributed by atoms with Crippen LogP contribution in [0.2, 0.25) is 0 Å². The van der Waals surface area contributed by atoms with Gasteiger partial charge in [0.25, 0.3) is 5.91 Å². The van der Waals surface area contributed by atoms with Crippen molar-refractivity contribution in [3.8, 4) is 5.75 Å². The highest BCUT2D eigenvalue weighted by Crippen LogP contribution is 2.26. The number of likely N-dealkylation sites (tertiary alicyclic amines) is 1. The zero-order valence-electron chi connectivity index (χ0n) is 19.2. The van der Waals surface area contributed by atoms with Gasteiger partial charge in [0.05, 0.1) is 13.2 Å². The summed E-state index contributed by atoms with van der Waals surface area (Å²) in [7, 11) is 1.66. The summed E-state index contributed by atoms with van der Waals surface area (Å²) in [5.41, 5.74) is 2.37. The second-order valence-corrected chi connectivity index (χ2v) is 8.43. The van der Waals surface area contributed by atoms with E-state index in [1.807, 2.05) is 26.0 Å². The van der Waals surface area contributed by atoms with E-state index < -0.39 is 0 Å². The molecule has 1 unspecified atom stereocenters. The third kappa shape index (κ3) is 6.72. The highest BCUT2D eigenvalue weighted by molar-refractivity contribution is 5.95. The van der Waals surface area contributed by atoms with Gasteiger partial charge in [-0.1, -0.05) is 18.6 Å². The van der Waals surface area contributed by atoms with E-state index in [0.717, 1.165) is 18.8 Å². The number of methoxy groups -OCH3 is 1. The maximum absolute atomic E-state index is 12.8. The van der Waals surface area contributed by atoms with E-state index in [1.54, 1.807) is 31.4 Å². The maximum atomic E-state index is 12.8. The number of nitrogens with one attached hydrogen (secondary N) is 3. The van der Waals surface area contributed by atoms with Crippen molar-refractivity contribution in [2.24, 2.45) is 0 Å². The lowest BCUT2D eigenvalue weighted by Gasteiger charge is -2.35. The molecule has 0 aromatic heterocycles. The Bertz CT molecular complexity index is 875. The van der Waals surface area contributed by atoms with Gasteiger partial charge in [0.1, 0.15) is 5.75 Å². The molecule has 0 aliphatic carbocycles. The molecule has 1 aliphatic heterocycles. The van der Waals surface area contributed by atoms with Gasteiger partial charge in [-0.15, -0.1) is 0 Å². The highest BCUT2D eigenvalue weighted by Gasteiger charge is 2.23. The van der Waals surface area contributed by atoms with E-state index in [1.165, 1.54) is 24.8 Å². The van der Waals surface area contributed by atoms with Crippen molar-refractivity contribution in [1.82, 2.24) is 15.5 Å². The largest absolute Gasteiger partial charge is 0.497 e. The summed E-state index contributed by atoms with van der Waals surface area (Å²) in [6, 6.07) is 14.9. The molecule has 1 saturated heterocycles. The average Bonchev–Trinajstić information content (AvgIpc) is 2.80. The highest BCUT2D eigenvalue weighted by atomic mass is 16.5. The first-order valence-corrected chi connectivity index (χ1v) is 11.3. The average molecular weight is 439 g/mol. The van der Waals surface area contributed by atoms with Crippen LogP contribution in [0.25, 0.3) is 0 Å². The van der Waals surface area contributed by atoms with E-state index in [0.29, 0.717) is 17.8 Å². The molecule has 1 atom stereocenters. The van der Waals surface area contributed by atoms with E-state index in [9.17, 15) is 9.59 Å². The first-order valence-electron chi connectivity index (χ1n) is 11.3. The number of nitrogens with zero attached hydrogens (tertiary/aromatic N) is 1. The van der Waals surface area contributed by atoms with Crippen molar-refractivity contribution < 1.29 is 14.3 Å². The molecule has 3 amide bonds. The van der Waals surface area contributed by atoms with Crippen LogP contribution in [0.5, 0.6) is 5.75 Å². The number of benzene rings is 2. The fourth-order valence-electron chi connectivity index (χ4n) is 3.94. The number of rotatable bonds is 8. The van der Waals surface area contributed by atoms with Gasteiger partial charge in [-0.3, -0.25) is 9.69 Å². The number of urea groups is 1. The molecular formula is C25H34N4O3. The van der Waals surface area contributed by atoms with Crippen molar-refractivity contribution in [2.75, 3.05) is 32.1 Å². The minimum absolute atomic E-state index is 0.0543. The zero-order chi connectivity index (χ0) is 22.9. The predicted octanol–water partition coefficient (Wildman–Crippen LogP) is 4.18. The van der Waals surface area contributed by atoms with E-state index >= 15 is 0 Å². The molecule has 7 heteroatoms. The number of piperidine rings is 1. The van der Waals surface area contributed by atoms with Crippen LogP contribution in [0.15, 0.2) is 48.5 Å². The normalized spacial score (nSPS) is 15.1. The van der Waals surface area contributed by atoms with Crippen LogP contribution in [0.3, 0.4) is 0 Å². The number of carbonyl (C=O) groups is 2. The number of amides is 3. The van der Waals surface area contributed by atoms with Crippen LogP contribution in [-0.2, 0) is 0 Å². The predicted molar refractivity (Wildman–Crippen MR) is 127 cm³/mol. The number of ether oxygens (including phenoxy) is 1. The summed E-state index contributed by atoms with van der Waals surface area (Å²) in [4.78, 5) is 27.1. The van der Waals surface area contributed by atoms with Crippen molar-refractivity contribution >= 4 is 17.6 Å². The Kier molecular flexibility index (Phi) is 8.50. The second kappa shape index (κ2) is 11.5. The molecule has 0 spiro atoms. The summed E-state index contributed by atoms with van der Waals surface area (Å²) >= 11 is 0. The Morgan fingerprint density at radius 1 is 0.969 bits per heavy atom. The quantitative estimate of drug-likeness (QED) is 0.577. The maximum Gasteiger partial charge on any atom is 0.319 e. The monoisotopic (exact) mass is 438 g/mol. The lowest BCUT2D eigenvalue weighted by atomic mass is 10.0. The topological polar surface area (TPSA) is 82.7 Å². The SMILES string of the molecule is COc1ccc(C(CNC(=O)c2ccc(NC(=O)NC(C)C)cc2)N2CCCCC2)cc1. The molecule has 0 radical (unpaired) electrons. The molecule has 1 heterocycles. The summed E-state index contributed by atoms with van der Waals surface area (Å²) in [5.74, 6) is 0.699. The molecule has 0 bridgehead atoms. The molecule has 172 valence electrons. The smallest absolute Gasteiger partial charge is 0.319 e. The van der Waals surface area contributed by atoms with Crippen LogP contribution >= 0.6 is 0 Å². The van der Waals surface area contributed by atoms with Gasteiger partial charge < -0.3 is 20.7 Å². The van der Waals surface area contributed by atoms with E-state index in [2.05, 4.69) is 33.0 Å². The molecule has 0 saturated carbocycles. The Labute approximate surface area is 190 Å². The van der Waals surface area contributed by atoms with Crippen molar-refractivity contribution in [2.45, 2.75) is 45.2 Å². The van der Waals surface area contributed by atoms with Crippen LogP contribution in [-0.4, -0.2) is 49.6 Å². The molecular weight excluding hydrogens is 404 g/mol. The van der Waals surface area contributed by atoms with Crippen LogP contribution in [0, 0.1) is 0 Å². The van der Waals surface area contributed by atoms with Gasteiger partial charge in [-0.25, -0.2) is 4.79 Å². The Hall–Kier alpha value is -3.06. The van der Waals surface area contributed by atoms with Crippen LogP contribution < -0.4 is 20.7 Å². The van der Waals surface area contributed by atoms with Gasteiger partial charge in [0.2, 0.25) is 0 Å². The van der Waals surface area contributed by atoms with Gasteiger partial charge in [0.15, 0.2) is 0 Å². The minimum Gasteiger partial charge on any atom is -0.497 e. The summed E-state index contributed by atoms with van der Waals surface area (Å²) in [6.45, 7) is 6.39. The molecule has 3 rings (SSSR count). The Morgan fingerprint density at radius 3 is 2.22 bits per heavy atom. The second-order valence-electron chi connectivity index (χ2n) is 8.43. The Balaban J connectivity index is 1.63. The fourth-order valence-corrected chi connectivity index (χ4v) is 3.94. The van der Waals surface area contributed by atoms with Gasteiger partial charge in [-0.2, -0.15) is 0 Å².